The van der Waals surface area contributed by atoms with Gasteiger partial charge in [-0.25, -0.2) is 0 Å². The summed E-state index contributed by atoms with van der Waals surface area (Å²) in [4.78, 5) is 0. The third-order valence-corrected chi connectivity index (χ3v) is 2.28. The molecule has 1 aromatic rings. The number of ether oxygens (including phenoxy) is 1. The summed E-state index contributed by atoms with van der Waals surface area (Å²) in [5, 5.41) is 9.08. The van der Waals surface area contributed by atoms with Crippen LogP contribution >= 0.6 is 0 Å². The molecule has 0 radical (unpaired) electrons. The molecule has 0 saturated heterocycles. The zero-order valence-electron chi connectivity index (χ0n) is 9.92. The second kappa shape index (κ2) is 5.88. The lowest BCUT2D eigenvalue weighted by molar-refractivity contribution is -0.143. The molecule has 0 saturated carbocycles. The zero-order valence-corrected chi connectivity index (χ0v) is 9.92. The molecular formula is C11H11F6NO2. The van der Waals surface area contributed by atoms with E-state index in [1.165, 1.54) is 0 Å². The van der Waals surface area contributed by atoms with E-state index in [0.29, 0.717) is 12.1 Å². The number of benzene rings is 1. The van der Waals surface area contributed by atoms with Crippen LogP contribution in [-0.2, 0) is 12.4 Å². The molecule has 0 amide bonds. The summed E-state index contributed by atoms with van der Waals surface area (Å²) in [6.45, 7) is -0.736. The first kappa shape index (κ1) is 16.6. The van der Waals surface area contributed by atoms with Crippen LogP contribution in [0, 0.1) is 0 Å². The average Bonchev–Trinajstić information content (AvgIpc) is 2.33. The quantitative estimate of drug-likeness (QED) is 0.840. The molecule has 114 valence electrons. The molecule has 1 unspecified atom stereocenters. The van der Waals surface area contributed by atoms with Crippen molar-refractivity contribution in [3.63, 3.8) is 0 Å². The Morgan fingerprint density at radius 3 is 1.80 bits per heavy atom. The van der Waals surface area contributed by atoms with Crippen molar-refractivity contribution in [1.82, 2.24) is 0 Å². The van der Waals surface area contributed by atoms with Crippen molar-refractivity contribution < 1.29 is 36.2 Å². The number of hydrogen-bond donors (Lipinski definition) is 2. The third kappa shape index (κ3) is 4.57. The summed E-state index contributed by atoms with van der Waals surface area (Å²) in [6, 6.07) is 0.850. The number of hydrogen-bond acceptors (Lipinski definition) is 3. The SMILES string of the molecule is NCC(O)COc1cc(C(F)(F)F)cc(C(F)(F)F)c1. The standard InChI is InChI=1S/C11H11F6NO2/c12-10(13,14)6-1-7(11(15,16)17)3-9(2-6)20-5-8(19)4-18/h1-3,8,19H,4-5,18H2. The molecule has 3 N–H and O–H groups in total. The van der Waals surface area contributed by atoms with Gasteiger partial charge in [0.1, 0.15) is 18.5 Å². The predicted octanol–water partition coefficient (Wildman–Crippen LogP) is 2.42. The van der Waals surface area contributed by atoms with E-state index >= 15 is 0 Å². The molecule has 3 nitrogen and oxygen atoms in total. The molecule has 0 spiro atoms. The highest BCUT2D eigenvalue weighted by Crippen LogP contribution is 2.38. The van der Waals surface area contributed by atoms with Gasteiger partial charge in [0.05, 0.1) is 11.1 Å². The van der Waals surface area contributed by atoms with Crippen LogP contribution in [0.4, 0.5) is 26.3 Å². The Kier molecular flexibility index (Phi) is 4.87. The van der Waals surface area contributed by atoms with Crippen molar-refractivity contribution in [2.45, 2.75) is 18.5 Å². The summed E-state index contributed by atoms with van der Waals surface area (Å²) < 4.78 is 79.8. The first-order valence-electron chi connectivity index (χ1n) is 5.34. The molecule has 0 heterocycles. The topological polar surface area (TPSA) is 55.5 Å². The van der Waals surface area contributed by atoms with Crippen LogP contribution < -0.4 is 10.5 Å². The fourth-order valence-electron chi connectivity index (χ4n) is 1.27. The first-order valence-corrected chi connectivity index (χ1v) is 5.34. The van der Waals surface area contributed by atoms with Gasteiger partial charge >= 0.3 is 12.4 Å². The Balaban J connectivity index is 3.11. The van der Waals surface area contributed by atoms with Gasteiger partial charge in [0, 0.05) is 6.54 Å². The Bertz CT molecular complexity index is 425. The monoisotopic (exact) mass is 303 g/mol. The zero-order chi connectivity index (χ0) is 15.6. The Morgan fingerprint density at radius 1 is 1.00 bits per heavy atom. The van der Waals surface area contributed by atoms with E-state index in [1.807, 2.05) is 0 Å². The summed E-state index contributed by atoms with van der Waals surface area (Å²) >= 11 is 0. The van der Waals surface area contributed by atoms with Crippen molar-refractivity contribution in [1.29, 1.82) is 0 Å². The van der Waals surface area contributed by atoms with Gasteiger partial charge in [-0.15, -0.1) is 0 Å². The van der Waals surface area contributed by atoms with Gasteiger partial charge in [0.2, 0.25) is 0 Å². The molecule has 1 rings (SSSR count). The minimum absolute atomic E-state index is 0.00772. The van der Waals surface area contributed by atoms with E-state index in [2.05, 4.69) is 0 Å². The molecule has 0 aliphatic carbocycles. The summed E-state index contributed by atoms with van der Waals surface area (Å²) in [6.07, 6.45) is -11.1. The lowest BCUT2D eigenvalue weighted by atomic mass is 10.1. The van der Waals surface area contributed by atoms with Crippen molar-refractivity contribution >= 4 is 0 Å². The maximum Gasteiger partial charge on any atom is 0.416 e. The summed E-state index contributed by atoms with van der Waals surface area (Å²) in [7, 11) is 0. The van der Waals surface area contributed by atoms with Crippen molar-refractivity contribution in [2.24, 2.45) is 5.73 Å². The lowest BCUT2D eigenvalue weighted by Crippen LogP contribution is -2.26. The third-order valence-electron chi connectivity index (χ3n) is 2.28. The van der Waals surface area contributed by atoms with Crippen LogP contribution in [0.2, 0.25) is 0 Å². The lowest BCUT2D eigenvalue weighted by Gasteiger charge is -2.15. The van der Waals surface area contributed by atoms with Crippen LogP contribution in [0.25, 0.3) is 0 Å². The van der Waals surface area contributed by atoms with E-state index in [0.717, 1.165) is 0 Å². The molecule has 0 aliphatic rings. The van der Waals surface area contributed by atoms with Gasteiger partial charge in [-0.05, 0) is 18.2 Å². The molecule has 9 heteroatoms. The maximum absolute atomic E-state index is 12.5. The highest BCUT2D eigenvalue weighted by atomic mass is 19.4. The molecular weight excluding hydrogens is 292 g/mol. The van der Waals surface area contributed by atoms with Gasteiger partial charge in [0.15, 0.2) is 0 Å². The number of rotatable bonds is 4. The Labute approximate surface area is 109 Å². The molecule has 20 heavy (non-hydrogen) atoms. The molecule has 0 fully saturated rings. The van der Waals surface area contributed by atoms with Crippen LogP contribution in [0.3, 0.4) is 0 Å². The fourth-order valence-corrected chi connectivity index (χ4v) is 1.27. The van der Waals surface area contributed by atoms with Gasteiger partial charge < -0.3 is 15.6 Å². The Morgan fingerprint density at radius 2 is 1.45 bits per heavy atom. The number of aliphatic hydroxyl groups is 1. The fraction of sp³-hybridized carbons (Fsp3) is 0.455. The minimum atomic E-state index is -4.94. The van der Waals surface area contributed by atoms with Crippen molar-refractivity contribution in [3.05, 3.63) is 29.3 Å². The average molecular weight is 303 g/mol. The predicted molar refractivity (Wildman–Crippen MR) is 57.0 cm³/mol. The molecule has 0 aromatic heterocycles. The smallest absolute Gasteiger partial charge is 0.416 e. The van der Waals surface area contributed by atoms with Gasteiger partial charge in [0.25, 0.3) is 0 Å². The van der Waals surface area contributed by atoms with E-state index in [9.17, 15) is 26.3 Å². The number of aliphatic hydroxyl groups excluding tert-OH is 1. The highest BCUT2D eigenvalue weighted by Gasteiger charge is 2.37. The highest BCUT2D eigenvalue weighted by molar-refractivity contribution is 5.37. The van der Waals surface area contributed by atoms with Gasteiger partial charge in [-0.1, -0.05) is 0 Å². The van der Waals surface area contributed by atoms with Crippen LogP contribution in [0.5, 0.6) is 5.75 Å². The van der Waals surface area contributed by atoms with Gasteiger partial charge in [-0.2, -0.15) is 26.3 Å². The molecule has 1 aromatic carbocycles. The normalized spacial score (nSPS) is 14.2. The first-order chi connectivity index (χ1) is 9.04. The number of nitrogens with two attached hydrogens (primary N) is 1. The second-order valence-electron chi connectivity index (χ2n) is 3.94. The maximum atomic E-state index is 12.5. The van der Waals surface area contributed by atoms with Crippen molar-refractivity contribution in [2.75, 3.05) is 13.2 Å². The minimum Gasteiger partial charge on any atom is -0.491 e. The van der Waals surface area contributed by atoms with Gasteiger partial charge in [-0.3, -0.25) is 0 Å². The van der Waals surface area contributed by atoms with E-state index in [4.69, 9.17) is 15.6 Å². The van der Waals surface area contributed by atoms with Crippen molar-refractivity contribution in [3.8, 4) is 5.75 Å². The number of alkyl halides is 6. The summed E-state index contributed by atoms with van der Waals surface area (Å²) in [5.41, 5.74) is 2.08. The largest absolute Gasteiger partial charge is 0.491 e. The summed E-state index contributed by atoms with van der Waals surface area (Å²) in [5.74, 6) is -0.639. The Hall–Kier alpha value is -1.48. The molecule has 0 aliphatic heterocycles. The molecule has 1 atom stereocenters. The number of halogens is 6. The second-order valence-corrected chi connectivity index (χ2v) is 3.94. The molecule has 0 bridgehead atoms. The van der Waals surface area contributed by atoms with Crippen LogP contribution in [0.1, 0.15) is 11.1 Å². The van der Waals surface area contributed by atoms with Crippen LogP contribution in [-0.4, -0.2) is 24.4 Å². The van der Waals surface area contributed by atoms with Crippen LogP contribution in [0.15, 0.2) is 18.2 Å². The van der Waals surface area contributed by atoms with E-state index in [1.54, 1.807) is 0 Å². The van der Waals surface area contributed by atoms with E-state index < -0.39 is 41.9 Å². The van der Waals surface area contributed by atoms with E-state index in [-0.39, 0.29) is 12.6 Å².